The van der Waals surface area contributed by atoms with Crippen molar-refractivity contribution in [1.29, 1.82) is 0 Å². The Labute approximate surface area is 103 Å². The summed E-state index contributed by atoms with van der Waals surface area (Å²) in [6, 6.07) is 5.28. The van der Waals surface area contributed by atoms with Gasteiger partial charge in [-0.1, -0.05) is 6.92 Å². The molecule has 0 saturated carbocycles. The van der Waals surface area contributed by atoms with E-state index in [2.05, 4.69) is 29.2 Å². The number of hydrazine groups is 1. The van der Waals surface area contributed by atoms with Crippen LogP contribution >= 0.6 is 0 Å². The third-order valence-corrected chi connectivity index (χ3v) is 3.75. The number of rotatable bonds is 4. The van der Waals surface area contributed by atoms with Crippen molar-refractivity contribution >= 4 is 5.69 Å². The van der Waals surface area contributed by atoms with Crippen molar-refractivity contribution < 1.29 is 0 Å². The average molecular weight is 234 g/mol. The zero-order valence-corrected chi connectivity index (χ0v) is 10.7. The van der Waals surface area contributed by atoms with Crippen LogP contribution in [-0.2, 0) is 6.54 Å². The van der Waals surface area contributed by atoms with Crippen LogP contribution in [0, 0.1) is 0 Å². The van der Waals surface area contributed by atoms with Gasteiger partial charge in [0.25, 0.3) is 0 Å². The van der Waals surface area contributed by atoms with Gasteiger partial charge in [-0.3, -0.25) is 15.7 Å². The molecule has 17 heavy (non-hydrogen) atoms. The van der Waals surface area contributed by atoms with Crippen molar-refractivity contribution in [2.45, 2.75) is 51.7 Å². The second-order valence-corrected chi connectivity index (χ2v) is 4.84. The van der Waals surface area contributed by atoms with Gasteiger partial charge in [-0.25, -0.2) is 0 Å². The van der Waals surface area contributed by atoms with E-state index in [1.54, 1.807) is 0 Å². The summed E-state index contributed by atoms with van der Waals surface area (Å²) in [5, 5.41) is 0. The van der Waals surface area contributed by atoms with Crippen LogP contribution in [0.5, 0.6) is 0 Å². The van der Waals surface area contributed by atoms with Gasteiger partial charge < -0.3 is 5.43 Å². The molecule has 2 atom stereocenters. The van der Waals surface area contributed by atoms with E-state index in [1.165, 1.54) is 19.3 Å². The topological polar surface area (TPSA) is 54.2 Å². The van der Waals surface area contributed by atoms with E-state index in [9.17, 15) is 0 Å². The summed E-state index contributed by atoms with van der Waals surface area (Å²) < 4.78 is 0. The highest BCUT2D eigenvalue weighted by atomic mass is 15.2. The molecule has 0 bridgehead atoms. The van der Waals surface area contributed by atoms with Crippen LogP contribution < -0.4 is 11.3 Å². The number of hydrogen-bond acceptors (Lipinski definition) is 4. The van der Waals surface area contributed by atoms with Gasteiger partial charge in [0.15, 0.2) is 0 Å². The third-order valence-electron chi connectivity index (χ3n) is 3.75. The minimum absolute atomic E-state index is 0.663. The molecule has 0 aliphatic carbocycles. The number of anilines is 1. The van der Waals surface area contributed by atoms with Crippen LogP contribution in [-0.4, -0.2) is 22.0 Å². The molecule has 1 aromatic rings. The number of pyridine rings is 1. The summed E-state index contributed by atoms with van der Waals surface area (Å²) in [6.07, 6.45) is 5.64. The molecule has 1 aliphatic rings. The molecule has 0 amide bonds. The Balaban J connectivity index is 2.08. The maximum absolute atomic E-state index is 5.42. The Kier molecular flexibility index (Phi) is 3.97. The molecule has 94 valence electrons. The van der Waals surface area contributed by atoms with E-state index in [4.69, 9.17) is 5.84 Å². The molecule has 1 fully saturated rings. The quantitative estimate of drug-likeness (QED) is 0.619. The molecule has 4 nitrogen and oxygen atoms in total. The zero-order valence-electron chi connectivity index (χ0n) is 10.7. The summed E-state index contributed by atoms with van der Waals surface area (Å²) in [4.78, 5) is 6.97. The minimum atomic E-state index is 0.663. The van der Waals surface area contributed by atoms with Gasteiger partial charge in [0, 0.05) is 24.8 Å². The van der Waals surface area contributed by atoms with Gasteiger partial charge in [0.05, 0.1) is 11.4 Å². The number of likely N-dealkylation sites (tertiary alicyclic amines) is 1. The molecule has 1 aliphatic heterocycles. The molecule has 3 N–H and O–H groups in total. The lowest BCUT2D eigenvalue weighted by Crippen LogP contribution is -2.33. The Bertz CT molecular complexity index is 366. The summed E-state index contributed by atoms with van der Waals surface area (Å²) >= 11 is 0. The molecule has 2 heterocycles. The van der Waals surface area contributed by atoms with Crippen LogP contribution in [0.4, 0.5) is 5.69 Å². The lowest BCUT2D eigenvalue weighted by molar-refractivity contribution is 0.187. The zero-order chi connectivity index (χ0) is 12.3. The van der Waals surface area contributed by atoms with Gasteiger partial charge in [-0.15, -0.1) is 0 Å². The number of aromatic nitrogens is 1. The highest BCUT2D eigenvalue weighted by molar-refractivity contribution is 5.41. The predicted octanol–water partition coefficient (Wildman–Crippen LogP) is 2.13. The highest BCUT2D eigenvalue weighted by Crippen LogP contribution is 2.27. The molecule has 0 spiro atoms. The lowest BCUT2D eigenvalue weighted by atomic mass is 10.1. The van der Waals surface area contributed by atoms with E-state index in [-0.39, 0.29) is 0 Å². The second-order valence-electron chi connectivity index (χ2n) is 4.84. The monoisotopic (exact) mass is 234 g/mol. The van der Waals surface area contributed by atoms with E-state index < -0.39 is 0 Å². The van der Waals surface area contributed by atoms with Gasteiger partial charge >= 0.3 is 0 Å². The van der Waals surface area contributed by atoms with Crippen LogP contribution in [0.1, 0.15) is 38.8 Å². The maximum atomic E-state index is 5.42. The van der Waals surface area contributed by atoms with Crippen molar-refractivity contribution in [3.05, 3.63) is 24.0 Å². The first-order chi connectivity index (χ1) is 8.24. The minimum Gasteiger partial charge on any atom is -0.324 e. The summed E-state index contributed by atoms with van der Waals surface area (Å²) in [5.41, 5.74) is 4.69. The Hall–Kier alpha value is -1.13. The molecular formula is C13H22N4. The fraction of sp³-hybridized carbons (Fsp3) is 0.615. The molecule has 0 radical (unpaired) electrons. The summed E-state index contributed by atoms with van der Waals surface area (Å²) in [6.45, 7) is 5.50. The standard InChI is InChI=1S/C13H22N4/c1-3-13-5-4-10(2)17(13)9-12-8-11(16-14)6-7-15-12/h6-8,10,13H,3-5,9,14H2,1-2H3,(H,15,16). The van der Waals surface area contributed by atoms with Gasteiger partial charge in [-0.05, 0) is 38.3 Å². The normalized spacial score (nSPS) is 25.1. The number of nitrogen functional groups attached to an aromatic ring is 1. The van der Waals surface area contributed by atoms with Crippen LogP contribution in [0.2, 0.25) is 0 Å². The first kappa shape index (κ1) is 12.3. The molecule has 2 unspecified atom stereocenters. The van der Waals surface area contributed by atoms with Crippen molar-refractivity contribution in [3.8, 4) is 0 Å². The Morgan fingerprint density at radius 2 is 2.35 bits per heavy atom. The van der Waals surface area contributed by atoms with Gasteiger partial charge in [-0.2, -0.15) is 0 Å². The van der Waals surface area contributed by atoms with Gasteiger partial charge in [0.1, 0.15) is 0 Å². The van der Waals surface area contributed by atoms with Crippen LogP contribution in [0.3, 0.4) is 0 Å². The van der Waals surface area contributed by atoms with E-state index in [1.807, 2.05) is 18.3 Å². The summed E-state index contributed by atoms with van der Waals surface area (Å²) in [7, 11) is 0. The summed E-state index contributed by atoms with van der Waals surface area (Å²) in [5.74, 6) is 5.42. The number of nitrogens with zero attached hydrogens (tertiary/aromatic N) is 2. The second kappa shape index (κ2) is 5.47. The van der Waals surface area contributed by atoms with E-state index in [0.29, 0.717) is 12.1 Å². The molecule has 1 aromatic heterocycles. The van der Waals surface area contributed by atoms with Crippen molar-refractivity contribution in [2.24, 2.45) is 5.84 Å². The number of nitrogens with two attached hydrogens (primary N) is 1. The molecule has 0 aromatic carbocycles. The third kappa shape index (κ3) is 2.76. The smallest absolute Gasteiger partial charge is 0.0565 e. The average Bonchev–Trinajstić information content (AvgIpc) is 2.71. The van der Waals surface area contributed by atoms with Crippen LogP contribution in [0.15, 0.2) is 18.3 Å². The Morgan fingerprint density at radius 3 is 3.06 bits per heavy atom. The van der Waals surface area contributed by atoms with Crippen molar-refractivity contribution in [3.63, 3.8) is 0 Å². The predicted molar refractivity (Wildman–Crippen MR) is 70.4 cm³/mol. The van der Waals surface area contributed by atoms with Crippen LogP contribution in [0.25, 0.3) is 0 Å². The van der Waals surface area contributed by atoms with Gasteiger partial charge in [0.2, 0.25) is 0 Å². The molecule has 2 rings (SSSR count). The van der Waals surface area contributed by atoms with E-state index >= 15 is 0 Å². The SMILES string of the molecule is CCC1CCC(C)N1Cc1cc(NN)ccn1. The van der Waals surface area contributed by atoms with Crippen molar-refractivity contribution in [2.75, 3.05) is 5.43 Å². The highest BCUT2D eigenvalue weighted by Gasteiger charge is 2.29. The maximum Gasteiger partial charge on any atom is 0.0565 e. The fourth-order valence-corrected chi connectivity index (χ4v) is 2.69. The first-order valence-corrected chi connectivity index (χ1v) is 6.42. The molecular weight excluding hydrogens is 212 g/mol. The fourth-order valence-electron chi connectivity index (χ4n) is 2.69. The molecule has 4 heteroatoms. The molecule has 1 saturated heterocycles. The number of nitrogens with one attached hydrogen (secondary N) is 1. The largest absolute Gasteiger partial charge is 0.324 e. The Morgan fingerprint density at radius 1 is 1.53 bits per heavy atom. The van der Waals surface area contributed by atoms with Crippen molar-refractivity contribution in [1.82, 2.24) is 9.88 Å². The van der Waals surface area contributed by atoms with E-state index in [0.717, 1.165) is 17.9 Å². The lowest BCUT2D eigenvalue weighted by Gasteiger charge is -2.27. The first-order valence-electron chi connectivity index (χ1n) is 6.42. The number of hydrogen-bond donors (Lipinski definition) is 2.